The van der Waals surface area contributed by atoms with E-state index in [9.17, 15) is 0 Å². The van der Waals surface area contributed by atoms with Gasteiger partial charge >= 0.3 is 0 Å². The van der Waals surface area contributed by atoms with E-state index in [1.54, 1.807) is 11.3 Å². The van der Waals surface area contributed by atoms with Crippen molar-refractivity contribution < 1.29 is 4.74 Å². The van der Waals surface area contributed by atoms with Crippen LogP contribution in [0.15, 0.2) is 18.6 Å². The van der Waals surface area contributed by atoms with Crippen LogP contribution < -0.4 is 10.1 Å². The molecule has 2 aromatic rings. The number of ether oxygens (including phenoxy) is 1. The van der Waals surface area contributed by atoms with Crippen LogP contribution in [0.5, 0.6) is 5.88 Å². The maximum absolute atomic E-state index is 5.47. The van der Waals surface area contributed by atoms with E-state index in [2.05, 4.69) is 34.1 Å². The minimum atomic E-state index is 0.604. The van der Waals surface area contributed by atoms with Crippen LogP contribution in [-0.2, 0) is 13.0 Å². The van der Waals surface area contributed by atoms with Gasteiger partial charge in [0.15, 0.2) is 0 Å². The molecule has 0 aliphatic heterocycles. The number of thiazole rings is 1. The van der Waals surface area contributed by atoms with Crippen molar-refractivity contribution in [2.45, 2.75) is 33.2 Å². The quantitative estimate of drug-likeness (QED) is 0.844. The van der Waals surface area contributed by atoms with E-state index in [0.29, 0.717) is 19.0 Å². The average molecular weight is 278 g/mol. The third kappa shape index (κ3) is 4.17. The van der Waals surface area contributed by atoms with E-state index in [1.165, 1.54) is 11.2 Å². The Morgan fingerprint density at radius 2 is 2.16 bits per heavy atom. The van der Waals surface area contributed by atoms with Crippen LogP contribution in [0.2, 0.25) is 0 Å². The van der Waals surface area contributed by atoms with Crippen molar-refractivity contribution >= 4 is 17.2 Å². The number of aryl methyl sites for hydroxylation is 1. The number of nitrogens with zero attached hydrogens (tertiary/aromatic N) is 3. The molecule has 0 aromatic carbocycles. The van der Waals surface area contributed by atoms with Crippen LogP contribution in [0.1, 0.15) is 30.2 Å². The molecule has 19 heavy (non-hydrogen) atoms. The molecule has 0 spiro atoms. The lowest BCUT2D eigenvalue weighted by molar-refractivity contribution is 0.305. The number of rotatable bonds is 7. The number of hydrogen-bond donors (Lipinski definition) is 1. The zero-order valence-electron chi connectivity index (χ0n) is 11.2. The summed E-state index contributed by atoms with van der Waals surface area (Å²) in [5.41, 5.74) is 0. The highest BCUT2D eigenvalue weighted by atomic mass is 32.1. The minimum Gasteiger partial charge on any atom is -0.478 e. The van der Waals surface area contributed by atoms with Crippen molar-refractivity contribution in [3.05, 3.63) is 28.5 Å². The molecule has 5 nitrogen and oxygen atoms in total. The van der Waals surface area contributed by atoms with Gasteiger partial charge in [0.25, 0.3) is 0 Å². The van der Waals surface area contributed by atoms with Gasteiger partial charge in [-0.1, -0.05) is 13.8 Å². The van der Waals surface area contributed by atoms with Crippen molar-refractivity contribution in [3.63, 3.8) is 0 Å². The largest absolute Gasteiger partial charge is 0.478 e. The van der Waals surface area contributed by atoms with Crippen LogP contribution >= 0.6 is 11.3 Å². The first-order valence-electron chi connectivity index (χ1n) is 6.44. The first-order chi connectivity index (χ1) is 9.31. The summed E-state index contributed by atoms with van der Waals surface area (Å²) in [6, 6.07) is 1.81. The second-order valence-electron chi connectivity index (χ2n) is 4.02. The van der Waals surface area contributed by atoms with Crippen molar-refractivity contribution in [1.82, 2.24) is 15.0 Å². The molecule has 0 radical (unpaired) electrons. The Morgan fingerprint density at radius 3 is 2.89 bits per heavy atom. The number of nitrogens with one attached hydrogen (secondary N) is 1. The summed E-state index contributed by atoms with van der Waals surface area (Å²) in [4.78, 5) is 13.9. The van der Waals surface area contributed by atoms with E-state index >= 15 is 0 Å². The molecule has 0 saturated carbocycles. The molecule has 0 bridgehead atoms. The van der Waals surface area contributed by atoms with Crippen LogP contribution in [0.3, 0.4) is 0 Å². The van der Waals surface area contributed by atoms with Gasteiger partial charge in [0, 0.05) is 17.1 Å². The zero-order valence-corrected chi connectivity index (χ0v) is 12.0. The third-order valence-electron chi connectivity index (χ3n) is 2.47. The molecule has 102 valence electrons. The lowest BCUT2D eigenvalue weighted by Crippen LogP contribution is -2.03. The Kier molecular flexibility index (Phi) is 5.09. The summed E-state index contributed by atoms with van der Waals surface area (Å²) >= 11 is 1.72. The topological polar surface area (TPSA) is 59.9 Å². The SMILES string of the molecule is CCCOc1cc(NCc2ncc(CC)s2)ncn1. The second kappa shape index (κ2) is 7.04. The number of hydrogen-bond acceptors (Lipinski definition) is 6. The van der Waals surface area contributed by atoms with Crippen molar-refractivity contribution in [1.29, 1.82) is 0 Å². The maximum atomic E-state index is 5.47. The summed E-state index contributed by atoms with van der Waals surface area (Å²) < 4.78 is 5.47. The van der Waals surface area contributed by atoms with Gasteiger partial charge in [-0.15, -0.1) is 11.3 Å². The van der Waals surface area contributed by atoms with Crippen LogP contribution in [0, 0.1) is 0 Å². The molecule has 6 heteroatoms. The van der Waals surface area contributed by atoms with Gasteiger partial charge in [-0.3, -0.25) is 0 Å². The molecule has 1 N–H and O–H groups in total. The highest BCUT2D eigenvalue weighted by Gasteiger charge is 2.02. The second-order valence-corrected chi connectivity index (χ2v) is 5.22. The average Bonchev–Trinajstić information content (AvgIpc) is 2.91. The summed E-state index contributed by atoms with van der Waals surface area (Å²) in [5.74, 6) is 1.36. The number of aromatic nitrogens is 3. The Hall–Kier alpha value is -1.69. The first-order valence-corrected chi connectivity index (χ1v) is 7.25. The highest BCUT2D eigenvalue weighted by Crippen LogP contribution is 2.16. The van der Waals surface area contributed by atoms with E-state index in [1.807, 2.05) is 12.3 Å². The van der Waals surface area contributed by atoms with Crippen LogP contribution in [0.4, 0.5) is 5.82 Å². The van der Waals surface area contributed by atoms with Crippen molar-refractivity contribution in [2.24, 2.45) is 0 Å². The Bertz CT molecular complexity index is 515. The summed E-state index contributed by atoms with van der Waals surface area (Å²) in [6.07, 6.45) is 5.43. The third-order valence-corrected chi connectivity index (χ3v) is 3.61. The zero-order chi connectivity index (χ0) is 13.5. The fourth-order valence-corrected chi connectivity index (χ4v) is 2.28. The van der Waals surface area contributed by atoms with E-state index in [-0.39, 0.29) is 0 Å². The van der Waals surface area contributed by atoms with Crippen LogP contribution in [-0.4, -0.2) is 21.6 Å². The molecule has 2 rings (SSSR count). The van der Waals surface area contributed by atoms with E-state index < -0.39 is 0 Å². The molecular formula is C13H18N4OS. The molecule has 0 fully saturated rings. The van der Waals surface area contributed by atoms with Gasteiger partial charge in [-0.25, -0.2) is 15.0 Å². The lowest BCUT2D eigenvalue weighted by atomic mass is 10.4. The molecule has 0 amide bonds. The van der Waals surface area contributed by atoms with Gasteiger partial charge in [-0.05, 0) is 12.8 Å². The van der Waals surface area contributed by atoms with Crippen molar-refractivity contribution in [3.8, 4) is 5.88 Å². The summed E-state index contributed by atoms with van der Waals surface area (Å²) in [7, 11) is 0. The number of anilines is 1. The van der Waals surface area contributed by atoms with E-state index in [4.69, 9.17) is 4.74 Å². The maximum Gasteiger partial charge on any atom is 0.218 e. The van der Waals surface area contributed by atoms with Crippen molar-refractivity contribution in [2.75, 3.05) is 11.9 Å². The molecule has 2 aromatic heterocycles. The molecule has 0 saturated heterocycles. The van der Waals surface area contributed by atoms with Crippen LogP contribution in [0.25, 0.3) is 0 Å². The fourth-order valence-electron chi connectivity index (χ4n) is 1.48. The predicted octanol–water partition coefficient (Wildman–Crippen LogP) is 2.90. The molecule has 0 atom stereocenters. The Morgan fingerprint density at radius 1 is 1.26 bits per heavy atom. The molecule has 0 unspecified atom stereocenters. The normalized spacial score (nSPS) is 10.4. The first kappa shape index (κ1) is 13.7. The fraction of sp³-hybridized carbons (Fsp3) is 0.462. The Balaban J connectivity index is 1.91. The van der Waals surface area contributed by atoms with Gasteiger partial charge < -0.3 is 10.1 Å². The molecule has 2 heterocycles. The highest BCUT2D eigenvalue weighted by molar-refractivity contribution is 7.11. The summed E-state index contributed by atoms with van der Waals surface area (Å²) in [5, 5.41) is 4.29. The monoisotopic (exact) mass is 278 g/mol. The predicted molar refractivity (Wildman–Crippen MR) is 76.6 cm³/mol. The minimum absolute atomic E-state index is 0.604. The van der Waals surface area contributed by atoms with Gasteiger partial charge in [0.05, 0.1) is 13.2 Å². The molecule has 0 aliphatic carbocycles. The summed E-state index contributed by atoms with van der Waals surface area (Å²) in [6.45, 7) is 5.54. The van der Waals surface area contributed by atoms with Gasteiger partial charge in [0.1, 0.15) is 17.2 Å². The molecular weight excluding hydrogens is 260 g/mol. The molecule has 0 aliphatic rings. The van der Waals surface area contributed by atoms with E-state index in [0.717, 1.165) is 23.7 Å². The lowest BCUT2D eigenvalue weighted by Gasteiger charge is -2.06. The standard InChI is InChI=1S/C13H18N4OS/c1-3-5-18-12-6-11(16-9-17-12)14-8-13-15-7-10(4-2)19-13/h6-7,9H,3-5,8H2,1-2H3,(H,14,16,17). The Labute approximate surface area is 117 Å². The van der Waals surface area contributed by atoms with Gasteiger partial charge in [-0.2, -0.15) is 0 Å². The van der Waals surface area contributed by atoms with Gasteiger partial charge in [0.2, 0.25) is 5.88 Å². The smallest absolute Gasteiger partial charge is 0.218 e.